The molecule has 0 unspecified atom stereocenters. The van der Waals surface area contributed by atoms with Crippen LogP contribution < -0.4 is 0 Å². The van der Waals surface area contributed by atoms with Crippen LogP contribution in [0.25, 0.3) is 0 Å². The molecular formula is C7H14O3. The number of rotatable bonds is 4. The average molecular weight is 146 g/mol. The lowest BCUT2D eigenvalue weighted by Gasteiger charge is -2.05. The highest BCUT2D eigenvalue weighted by Crippen LogP contribution is 2.29. The fourth-order valence-corrected chi connectivity index (χ4v) is 0.587. The van der Waals surface area contributed by atoms with E-state index in [1.807, 2.05) is 0 Å². The fourth-order valence-electron chi connectivity index (χ4n) is 0.587. The Morgan fingerprint density at radius 3 is 2.40 bits per heavy atom. The molecule has 0 bridgehead atoms. The molecule has 1 heterocycles. The topological polar surface area (TPSA) is 34.3 Å². The van der Waals surface area contributed by atoms with Crippen molar-refractivity contribution in [3.63, 3.8) is 0 Å². The summed E-state index contributed by atoms with van der Waals surface area (Å²) >= 11 is 0. The van der Waals surface area contributed by atoms with E-state index in [1.54, 1.807) is 6.92 Å². The smallest absolute Gasteiger partial charge is 0.324 e. The van der Waals surface area contributed by atoms with Gasteiger partial charge in [0.25, 0.3) is 0 Å². The minimum Gasteiger partial charge on any atom is -0.324 e. The molecule has 60 valence electrons. The summed E-state index contributed by atoms with van der Waals surface area (Å²) in [6, 6.07) is 0. The molecule has 0 atom stereocenters. The van der Waals surface area contributed by atoms with E-state index in [2.05, 4.69) is 23.6 Å². The minimum absolute atomic E-state index is 0.669. The maximum atomic E-state index is 5.21. The Labute approximate surface area is 61.2 Å². The quantitative estimate of drug-likeness (QED) is 0.447. The second-order valence-corrected chi connectivity index (χ2v) is 3.06. The normalized spacial score (nSPS) is 21.6. The van der Waals surface area contributed by atoms with Gasteiger partial charge in [0.1, 0.15) is 0 Å². The van der Waals surface area contributed by atoms with E-state index < -0.39 is 5.97 Å². The van der Waals surface area contributed by atoms with Gasteiger partial charge in [-0.1, -0.05) is 13.8 Å². The Morgan fingerprint density at radius 1 is 1.40 bits per heavy atom. The van der Waals surface area contributed by atoms with E-state index in [9.17, 15) is 0 Å². The van der Waals surface area contributed by atoms with Gasteiger partial charge in [0.15, 0.2) is 0 Å². The van der Waals surface area contributed by atoms with Crippen LogP contribution in [0.5, 0.6) is 0 Å². The van der Waals surface area contributed by atoms with Crippen molar-refractivity contribution in [2.75, 3.05) is 6.61 Å². The van der Waals surface area contributed by atoms with Crippen molar-refractivity contribution in [2.45, 2.75) is 33.2 Å². The predicted octanol–water partition coefficient (Wildman–Crippen LogP) is 1.68. The van der Waals surface area contributed by atoms with Gasteiger partial charge in [-0.3, -0.25) is 0 Å². The highest BCUT2D eigenvalue weighted by molar-refractivity contribution is 4.51. The summed E-state index contributed by atoms with van der Waals surface area (Å²) < 4.78 is 5.21. The molecule has 3 heteroatoms. The van der Waals surface area contributed by atoms with Gasteiger partial charge in [-0.15, -0.1) is 0 Å². The second-order valence-electron chi connectivity index (χ2n) is 3.06. The third kappa shape index (κ3) is 2.64. The highest BCUT2D eigenvalue weighted by atomic mass is 17.4. The number of hydrogen-bond acceptors (Lipinski definition) is 3. The first-order valence-corrected chi connectivity index (χ1v) is 3.63. The lowest BCUT2D eigenvalue weighted by atomic mass is 10.1. The Hall–Kier alpha value is -0.120. The molecule has 1 rings (SSSR count). The maximum Gasteiger partial charge on any atom is 0.337 e. The highest BCUT2D eigenvalue weighted by Gasteiger charge is 2.45. The molecular weight excluding hydrogens is 132 g/mol. The van der Waals surface area contributed by atoms with Crippen LogP contribution >= 0.6 is 0 Å². The van der Waals surface area contributed by atoms with E-state index in [1.165, 1.54) is 0 Å². The van der Waals surface area contributed by atoms with Crippen LogP contribution in [0.3, 0.4) is 0 Å². The Bertz CT molecular complexity index is 107. The van der Waals surface area contributed by atoms with Gasteiger partial charge in [-0.2, -0.15) is 9.78 Å². The number of ether oxygens (including phenoxy) is 1. The number of hydrogen-bond donors (Lipinski definition) is 0. The van der Waals surface area contributed by atoms with Gasteiger partial charge >= 0.3 is 5.97 Å². The molecule has 1 aliphatic rings. The van der Waals surface area contributed by atoms with Gasteiger partial charge in [-0.05, 0) is 12.3 Å². The van der Waals surface area contributed by atoms with Crippen LogP contribution in [-0.2, 0) is 14.5 Å². The SMILES string of the molecule is CC(C)CCOC1(C)OO1. The molecule has 0 aromatic heterocycles. The molecule has 0 radical (unpaired) electrons. The summed E-state index contributed by atoms with van der Waals surface area (Å²) in [6.07, 6.45) is 1.04. The molecule has 10 heavy (non-hydrogen) atoms. The first-order valence-electron chi connectivity index (χ1n) is 3.63. The van der Waals surface area contributed by atoms with Gasteiger partial charge in [0.2, 0.25) is 0 Å². The molecule has 0 aromatic carbocycles. The van der Waals surface area contributed by atoms with E-state index >= 15 is 0 Å². The third-order valence-electron chi connectivity index (χ3n) is 1.38. The zero-order valence-corrected chi connectivity index (χ0v) is 6.72. The van der Waals surface area contributed by atoms with Crippen molar-refractivity contribution in [2.24, 2.45) is 5.92 Å². The largest absolute Gasteiger partial charge is 0.337 e. The van der Waals surface area contributed by atoms with Crippen LogP contribution in [0.2, 0.25) is 0 Å². The standard InChI is InChI=1S/C7H14O3/c1-6(2)4-5-8-7(3)9-10-7/h6H,4-5H2,1-3H3. The predicted molar refractivity (Wildman–Crippen MR) is 36.0 cm³/mol. The minimum atomic E-state index is -0.713. The van der Waals surface area contributed by atoms with Crippen LogP contribution in [0.15, 0.2) is 0 Å². The van der Waals surface area contributed by atoms with Crippen molar-refractivity contribution in [3.05, 3.63) is 0 Å². The molecule has 1 fully saturated rings. The van der Waals surface area contributed by atoms with E-state index in [-0.39, 0.29) is 0 Å². The second kappa shape index (κ2) is 2.86. The summed E-state index contributed by atoms with van der Waals surface area (Å²) in [5.74, 6) is -0.0446. The zero-order chi connectivity index (χ0) is 7.61. The summed E-state index contributed by atoms with van der Waals surface area (Å²) in [4.78, 5) is 9.11. The van der Waals surface area contributed by atoms with Crippen molar-refractivity contribution in [1.29, 1.82) is 0 Å². The molecule has 0 N–H and O–H groups in total. The summed E-state index contributed by atoms with van der Waals surface area (Å²) in [5, 5.41) is 0. The van der Waals surface area contributed by atoms with Crippen molar-refractivity contribution >= 4 is 0 Å². The fraction of sp³-hybridized carbons (Fsp3) is 1.00. The van der Waals surface area contributed by atoms with Gasteiger partial charge in [0, 0.05) is 6.92 Å². The first kappa shape index (κ1) is 7.98. The Morgan fingerprint density at radius 2 is 2.00 bits per heavy atom. The zero-order valence-electron chi connectivity index (χ0n) is 6.72. The Balaban J connectivity index is 1.95. The monoisotopic (exact) mass is 146 g/mol. The summed E-state index contributed by atoms with van der Waals surface area (Å²) in [6.45, 7) is 6.77. The van der Waals surface area contributed by atoms with E-state index in [0.717, 1.165) is 6.42 Å². The van der Waals surface area contributed by atoms with E-state index in [4.69, 9.17) is 4.74 Å². The third-order valence-corrected chi connectivity index (χ3v) is 1.38. The molecule has 0 spiro atoms. The molecule has 1 saturated heterocycles. The molecule has 0 saturated carbocycles. The first-order chi connectivity index (χ1) is 4.62. The van der Waals surface area contributed by atoms with E-state index in [0.29, 0.717) is 12.5 Å². The van der Waals surface area contributed by atoms with Crippen molar-refractivity contribution in [3.8, 4) is 0 Å². The van der Waals surface area contributed by atoms with Gasteiger partial charge in [0.05, 0.1) is 6.61 Å². The summed E-state index contributed by atoms with van der Waals surface area (Å²) in [5.41, 5.74) is 0. The lowest BCUT2D eigenvalue weighted by Crippen LogP contribution is -2.12. The van der Waals surface area contributed by atoms with Crippen LogP contribution in [0.1, 0.15) is 27.2 Å². The van der Waals surface area contributed by atoms with Gasteiger partial charge < -0.3 is 4.74 Å². The van der Waals surface area contributed by atoms with Crippen molar-refractivity contribution in [1.82, 2.24) is 0 Å². The molecule has 0 aromatic rings. The molecule has 3 nitrogen and oxygen atoms in total. The summed E-state index contributed by atoms with van der Waals surface area (Å²) in [7, 11) is 0. The van der Waals surface area contributed by atoms with Crippen LogP contribution in [0, 0.1) is 5.92 Å². The molecule has 0 amide bonds. The lowest BCUT2D eigenvalue weighted by molar-refractivity contribution is -0.0435. The maximum absolute atomic E-state index is 5.21. The molecule has 1 aliphatic heterocycles. The average Bonchev–Trinajstić information content (AvgIpc) is 2.47. The van der Waals surface area contributed by atoms with Crippen LogP contribution in [0.4, 0.5) is 0 Å². The molecule has 0 aliphatic carbocycles. The Kier molecular flexibility index (Phi) is 2.28. The van der Waals surface area contributed by atoms with Crippen molar-refractivity contribution < 1.29 is 14.5 Å². The van der Waals surface area contributed by atoms with Crippen LogP contribution in [-0.4, -0.2) is 12.6 Å². The van der Waals surface area contributed by atoms with Gasteiger partial charge in [-0.25, -0.2) is 0 Å².